The smallest absolute Gasteiger partial charge is 0.307 e. The molecule has 2 amide bonds. The molecule has 3 N–H and O–H groups in total. The van der Waals surface area contributed by atoms with Crippen LogP contribution in [0.4, 0.5) is 0 Å². The summed E-state index contributed by atoms with van der Waals surface area (Å²) in [6.45, 7) is 0. The van der Waals surface area contributed by atoms with Crippen molar-refractivity contribution in [3.05, 3.63) is 34.9 Å². The highest BCUT2D eigenvalue weighted by atomic mass is 35.5. The number of hydrogen-bond donors (Lipinski definition) is 3. The highest BCUT2D eigenvalue weighted by Crippen LogP contribution is 2.30. The molecule has 1 saturated carbocycles. The summed E-state index contributed by atoms with van der Waals surface area (Å²) in [5, 5.41) is 9.44. The van der Waals surface area contributed by atoms with Crippen molar-refractivity contribution in [3.63, 3.8) is 0 Å². The monoisotopic (exact) mass is 324 g/mol. The number of halogens is 1. The second kappa shape index (κ2) is 7.26. The van der Waals surface area contributed by atoms with Crippen LogP contribution in [-0.2, 0) is 9.59 Å². The maximum Gasteiger partial charge on any atom is 0.307 e. The number of carbonyl (C=O) groups is 3. The number of carboxylic acid groups (broad SMARTS) is 1. The third-order valence-corrected chi connectivity index (χ3v) is 4.17. The maximum absolute atomic E-state index is 12.1. The predicted molar refractivity (Wildman–Crippen MR) is 80.1 cm³/mol. The Kier molecular flexibility index (Phi) is 5.38. The van der Waals surface area contributed by atoms with E-state index >= 15 is 0 Å². The van der Waals surface area contributed by atoms with E-state index in [1.807, 2.05) is 0 Å². The largest absolute Gasteiger partial charge is 0.481 e. The van der Waals surface area contributed by atoms with E-state index in [9.17, 15) is 14.4 Å². The first-order chi connectivity index (χ1) is 10.5. The van der Waals surface area contributed by atoms with E-state index in [0.717, 1.165) is 12.8 Å². The van der Waals surface area contributed by atoms with Gasteiger partial charge in [-0.1, -0.05) is 36.6 Å². The quantitative estimate of drug-likeness (QED) is 0.741. The lowest BCUT2D eigenvalue weighted by atomic mass is 9.79. The lowest BCUT2D eigenvalue weighted by Gasteiger charge is -2.27. The fraction of sp³-hybridized carbons (Fsp3) is 0.400. The molecule has 1 aliphatic carbocycles. The SMILES string of the molecule is O=C(NNC(=O)C1CCCCC1C(=O)O)c1ccccc1Cl. The number of amides is 2. The lowest BCUT2D eigenvalue weighted by Crippen LogP contribution is -2.47. The Bertz CT molecular complexity index is 591. The Morgan fingerprint density at radius 3 is 2.32 bits per heavy atom. The zero-order chi connectivity index (χ0) is 16.1. The molecule has 6 nitrogen and oxygen atoms in total. The fourth-order valence-corrected chi connectivity index (χ4v) is 2.89. The Balaban J connectivity index is 1.96. The molecule has 0 bridgehead atoms. The number of aliphatic carboxylic acids is 1. The summed E-state index contributed by atoms with van der Waals surface area (Å²) in [6.07, 6.45) is 2.59. The summed E-state index contributed by atoms with van der Waals surface area (Å²) in [5.74, 6) is -3.32. The maximum atomic E-state index is 12.1. The molecule has 0 aliphatic heterocycles. The molecule has 0 saturated heterocycles. The number of hydrazine groups is 1. The topological polar surface area (TPSA) is 95.5 Å². The molecule has 118 valence electrons. The third kappa shape index (κ3) is 3.76. The van der Waals surface area contributed by atoms with Crippen molar-refractivity contribution >= 4 is 29.4 Å². The van der Waals surface area contributed by atoms with Gasteiger partial charge in [-0.3, -0.25) is 25.2 Å². The van der Waals surface area contributed by atoms with Gasteiger partial charge in [-0.25, -0.2) is 0 Å². The summed E-state index contributed by atoms with van der Waals surface area (Å²) in [5.41, 5.74) is 4.82. The molecule has 1 aromatic rings. The molecule has 2 unspecified atom stereocenters. The van der Waals surface area contributed by atoms with Gasteiger partial charge in [0.25, 0.3) is 5.91 Å². The van der Waals surface area contributed by atoms with Crippen LogP contribution in [0.3, 0.4) is 0 Å². The second-order valence-electron chi connectivity index (χ2n) is 5.26. The summed E-state index contributed by atoms with van der Waals surface area (Å²) in [7, 11) is 0. The second-order valence-corrected chi connectivity index (χ2v) is 5.67. The van der Waals surface area contributed by atoms with Crippen LogP contribution in [0.2, 0.25) is 5.02 Å². The molecule has 2 rings (SSSR count). The molecule has 0 aromatic heterocycles. The van der Waals surface area contributed by atoms with Gasteiger partial charge in [0, 0.05) is 0 Å². The first-order valence-corrected chi connectivity index (χ1v) is 7.46. The number of rotatable bonds is 3. The van der Waals surface area contributed by atoms with Crippen LogP contribution < -0.4 is 10.9 Å². The normalized spacial score (nSPS) is 21.0. The predicted octanol–water partition coefficient (Wildman–Crippen LogP) is 1.99. The van der Waals surface area contributed by atoms with Crippen LogP contribution in [0, 0.1) is 11.8 Å². The van der Waals surface area contributed by atoms with E-state index < -0.39 is 29.6 Å². The highest BCUT2D eigenvalue weighted by Gasteiger charge is 2.35. The van der Waals surface area contributed by atoms with Crippen LogP contribution in [0.5, 0.6) is 0 Å². The minimum Gasteiger partial charge on any atom is -0.481 e. The molecule has 1 aliphatic rings. The molecule has 0 spiro atoms. The Labute approximate surface area is 132 Å². The molecule has 7 heteroatoms. The molecule has 2 atom stereocenters. The van der Waals surface area contributed by atoms with Gasteiger partial charge in [0.05, 0.1) is 22.4 Å². The van der Waals surface area contributed by atoms with Crippen LogP contribution in [-0.4, -0.2) is 22.9 Å². The Hall–Kier alpha value is -2.08. The molecular weight excluding hydrogens is 308 g/mol. The molecule has 22 heavy (non-hydrogen) atoms. The van der Waals surface area contributed by atoms with E-state index in [2.05, 4.69) is 10.9 Å². The van der Waals surface area contributed by atoms with E-state index in [1.165, 1.54) is 6.07 Å². The third-order valence-electron chi connectivity index (χ3n) is 3.84. The van der Waals surface area contributed by atoms with E-state index in [-0.39, 0.29) is 10.6 Å². The van der Waals surface area contributed by atoms with E-state index in [1.54, 1.807) is 18.2 Å². The van der Waals surface area contributed by atoms with Crippen LogP contribution in [0.1, 0.15) is 36.0 Å². The average Bonchev–Trinajstić information content (AvgIpc) is 2.52. The summed E-state index contributed by atoms with van der Waals surface area (Å²) in [4.78, 5) is 35.2. The van der Waals surface area contributed by atoms with Gasteiger partial charge in [-0.05, 0) is 25.0 Å². The van der Waals surface area contributed by atoms with Gasteiger partial charge in [-0.2, -0.15) is 0 Å². The highest BCUT2D eigenvalue weighted by molar-refractivity contribution is 6.33. The van der Waals surface area contributed by atoms with Crippen molar-refractivity contribution in [1.29, 1.82) is 0 Å². The van der Waals surface area contributed by atoms with Crippen LogP contribution in [0.15, 0.2) is 24.3 Å². The minimum absolute atomic E-state index is 0.239. The summed E-state index contributed by atoms with van der Waals surface area (Å²) >= 11 is 5.90. The minimum atomic E-state index is -0.975. The van der Waals surface area contributed by atoms with Crippen LogP contribution in [0.25, 0.3) is 0 Å². The zero-order valence-corrected chi connectivity index (χ0v) is 12.6. The van der Waals surface area contributed by atoms with Crippen molar-refractivity contribution < 1.29 is 19.5 Å². The first kappa shape index (κ1) is 16.3. The zero-order valence-electron chi connectivity index (χ0n) is 11.8. The standard InChI is InChI=1S/C15H17ClN2O4/c16-12-8-4-3-7-11(12)14(20)18-17-13(19)9-5-1-2-6-10(9)15(21)22/h3-4,7-10H,1-2,5-6H2,(H,17,19)(H,18,20)(H,21,22). The molecular formula is C15H17ClN2O4. The van der Waals surface area contributed by atoms with Crippen LogP contribution >= 0.6 is 11.6 Å². The van der Waals surface area contributed by atoms with Gasteiger partial charge in [0.1, 0.15) is 0 Å². The Morgan fingerprint density at radius 2 is 1.68 bits per heavy atom. The Morgan fingerprint density at radius 1 is 1.05 bits per heavy atom. The number of carbonyl (C=O) groups excluding carboxylic acids is 2. The van der Waals surface area contributed by atoms with Gasteiger partial charge in [0.2, 0.25) is 5.91 Å². The van der Waals surface area contributed by atoms with Crippen molar-refractivity contribution in [2.75, 3.05) is 0 Å². The van der Waals surface area contributed by atoms with Gasteiger partial charge < -0.3 is 5.11 Å². The summed E-state index contributed by atoms with van der Waals surface area (Å²) in [6, 6.07) is 6.45. The summed E-state index contributed by atoms with van der Waals surface area (Å²) < 4.78 is 0. The first-order valence-electron chi connectivity index (χ1n) is 7.08. The van der Waals surface area contributed by atoms with Crippen molar-refractivity contribution in [2.24, 2.45) is 11.8 Å². The number of hydrogen-bond acceptors (Lipinski definition) is 3. The van der Waals surface area contributed by atoms with Crippen molar-refractivity contribution in [2.45, 2.75) is 25.7 Å². The molecule has 1 aromatic carbocycles. The average molecular weight is 325 g/mol. The van der Waals surface area contributed by atoms with Gasteiger partial charge in [0.15, 0.2) is 0 Å². The van der Waals surface area contributed by atoms with Gasteiger partial charge in [-0.15, -0.1) is 0 Å². The number of benzene rings is 1. The molecule has 0 radical (unpaired) electrons. The van der Waals surface area contributed by atoms with Crippen molar-refractivity contribution in [1.82, 2.24) is 10.9 Å². The fourth-order valence-electron chi connectivity index (χ4n) is 2.66. The number of carboxylic acids is 1. The van der Waals surface area contributed by atoms with Crippen molar-refractivity contribution in [3.8, 4) is 0 Å². The molecule has 1 fully saturated rings. The molecule has 0 heterocycles. The lowest BCUT2D eigenvalue weighted by molar-refractivity contribution is -0.149. The van der Waals surface area contributed by atoms with Gasteiger partial charge >= 0.3 is 5.97 Å². The number of nitrogens with one attached hydrogen (secondary N) is 2. The van der Waals surface area contributed by atoms with E-state index in [0.29, 0.717) is 12.8 Å². The van der Waals surface area contributed by atoms with E-state index in [4.69, 9.17) is 16.7 Å².